The Morgan fingerprint density at radius 1 is 1.35 bits per heavy atom. The summed E-state index contributed by atoms with van der Waals surface area (Å²) in [6.45, 7) is 0. The van der Waals surface area contributed by atoms with Crippen molar-refractivity contribution in [1.82, 2.24) is 19.9 Å². The molecular weight excluding hydrogens is 284 g/mol. The third-order valence-corrected chi connectivity index (χ3v) is 2.76. The molecule has 2 aromatic heterocycles. The minimum absolute atomic E-state index is 0.219. The van der Waals surface area contributed by atoms with Crippen LogP contribution in [0.5, 0.6) is 0 Å². The van der Waals surface area contributed by atoms with E-state index in [1.165, 1.54) is 6.33 Å². The number of nitrogens with one attached hydrogen (secondary N) is 2. The summed E-state index contributed by atoms with van der Waals surface area (Å²) in [6, 6.07) is 6.92. The van der Waals surface area contributed by atoms with E-state index in [-0.39, 0.29) is 11.5 Å². The van der Waals surface area contributed by atoms with Gasteiger partial charge in [-0.3, -0.25) is 0 Å². The second kappa shape index (κ2) is 4.74. The summed E-state index contributed by atoms with van der Waals surface area (Å²) >= 11 is 5.89. The maximum Gasteiger partial charge on any atom is 0.473 e. The molecule has 1 aromatic carbocycles. The number of H-pyrrole nitrogens is 1. The van der Waals surface area contributed by atoms with Crippen LogP contribution in [-0.4, -0.2) is 24.9 Å². The van der Waals surface area contributed by atoms with Crippen molar-refractivity contribution in [2.75, 3.05) is 5.32 Å². The molecule has 20 heavy (non-hydrogen) atoms. The summed E-state index contributed by atoms with van der Waals surface area (Å²) in [7, 11) is 0. The molecule has 0 fully saturated rings. The van der Waals surface area contributed by atoms with E-state index in [1.54, 1.807) is 24.3 Å². The number of anilines is 2. The molecule has 0 aliphatic carbocycles. The maximum atomic E-state index is 10.8. The van der Waals surface area contributed by atoms with Crippen molar-refractivity contribution in [2.45, 2.75) is 0 Å². The number of aromatic nitrogens is 4. The number of rotatable bonds is 3. The van der Waals surface area contributed by atoms with Crippen molar-refractivity contribution in [2.24, 2.45) is 0 Å². The normalized spacial score (nSPS) is 10.7. The Morgan fingerprint density at radius 3 is 2.95 bits per heavy atom. The lowest BCUT2D eigenvalue weighted by molar-refractivity contribution is -0.394. The van der Waals surface area contributed by atoms with Gasteiger partial charge < -0.3 is 20.4 Å². The van der Waals surface area contributed by atoms with Crippen LogP contribution in [0.2, 0.25) is 5.02 Å². The highest BCUT2D eigenvalue weighted by Crippen LogP contribution is 2.24. The Bertz CT molecular complexity index is 802. The molecule has 0 spiro atoms. The van der Waals surface area contributed by atoms with Crippen LogP contribution in [0.25, 0.3) is 11.2 Å². The summed E-state index contributed by atoms with van der Waals surface area (Å²) in [5.41, 5.74) is 1.35. The first-order valence-electron chi connectivity index (χ1n) is 5.51. The van der Waals surface area contributed by atoms with E-state index in [1.807, 2.05) is 0 Å². The van der Waals surface area contributed by atoms with E-state index in [0.29, 0.717) is 16.2 Å². The zero-order valence-corrected chi connectivity index (χ0v) is 10.6. The van der Waals surface area contributed by atoms with Crippen LogP contribution in [0.4, 0.5) is 17.5 Å². The second-order valence-electron chi connectivity index (χ2n) is 3.87. The first-order chi connectivity index (χ1) is 9.63. The highest BCUT2D eigenvalue weighted by Gasteiger charge is 2.19. The molecule has 2 N–H and O–H groups in total. The molecule has 0 atom stereocenters. The molecule has 9 heteroatoms. The largest absolute Gasteiger partial charge is 0.473 e. The lowest BCUT2D eigenvalue weighted by Crippen LogP contribution is -2.01. The van der Waals surface area contributed by atoms with Crippen LogP contribution in [0, 0.1) is 10.1 Å². The first kappa shape index (κ1) is 12.3. The topological polar surface area (TPSA) is 110 Å². The van der Waals surface area contributed by atoms with Gasteiger partial charge in [0.05, 0.1) is 6.33 Å². The molecule has 3 aromatic rings. The van der Waals surface area contributed by atoms with Crippen molar-refractivity contribution in [1.29, 1.82) is 0 Å². The number of hydrogen-bond donors (Lipinski definition) is 2. The Labute approximate surface area is 117 Å². The smallest absolute Gasteiger partial charge is 0.390 e. The van der Waals surface area contributed by atoms with Crippen LogP contribution >= 0.6 is 11.6 Å². The average molecular weight is 291 g/mol. The van der Waals surface area contributed by atoms with E-state index in [2.05, 4.69) is 25.3 Å². The Morgan fingerprint density at radius 2 is 2.20 bits per heavy atom. The van der Waals surface area contributed by atoms with Crippen LogP contribution < -0.4 is 5.32 Å². The summed E-state index contributed by atoms with van der Waals surface area (Å²) in [5, 5.41) is 14.3. The van der Waals surface area contributed by atoms with Gasteiger partial charge in [-0.25, -0.2) is 4.98 Å². The third-order valence-electron chi connectivity index (χ3n) is 2.52. The fourth-order valence-electron chi connectivity index (χ4n) is 1.70. The number of halogens is 1. The molecule has 2 heterocycles. The van der Waals surface area contributed by atoms with Gasteiger partial charge in [0.2, 0.25) is 5.82 Å². The van der Waals surface area contributed by atoms with Gasteiger partial charge in [0, 0.05) is 10.7 Å². The van der Waals surface area contributed by atoms with E-state index < -0.39 is 10.9 Å². The van der Waals surface area contributed by atoms with Crippen molar-refractivity contribution in [3.8, 4) is 0 Å². The van der Waals surface area contributed by atoms with Gasteiger partial charge in [0.1, 0.15) is 0 Å². The fraction of sp³-hybridized carbons (Fsp3) is 0. The Balaban J connectivity index is 2.09. The Hall–Kier alpha value is -2.74. The van der Waals surface area contributed by atoms with Crippen molar-refractivity contribution in [3.63, 3.8) is 0 Å². The van der Waals surface area contributed by atoms with Gasteiger partial charge in [-0.05, 0) is 33.1 Å². The van der Waals surface area contributed by atoms with E-state index in [4.69, 9.17) is 11.6 Å². The molecule has 0 aliphatic rings. The number of fused-ring (bicyclic) bond motifs is 1. The van der Waals surface area contributed by atoms with Gasteiger partial charge in [0.15, 0.2) is 5.52 Å². The SMILES string of the molecule is O=[N+]([O-])c1nc(Nc2cccc(Cl)c2)c2[nH]cnc2n1. The molecule has 0 saturated heterocycles. The van der Waals surface area contributed by atoms with Gasteiger partial charge in [-0.2, -0.15) is 0 Å². The minimum atomic E-state index is -0.669. The lowest BCUT2D eigenvalue weighted by Gasteiger charge is -2.03. The maximum absolute atomic E-state index is 10.8. The number of aromatic amines is 1. The molecule has 3 rings (SSSR count). The zero-order chi connectivity index (χ0) is 14.1. The van der Waals surface area contributed by atoms with Crippen LogP contribution in [0.15, 0.2) is 30.6 Å². The van der Waals surface area contributed by atoms with Crippen LogP contribution in [0.3, 0.4) is 0 Å². The predicted molar refractivity (Wildman–Crippen MR) is 73.1 cm³/mol. The molecule has 0 unspecified atom stereocenters. The first-order valence-corrected chi connectivity index (χ1v) is 5.89. The van der Waals surface area contributed by atoms with E-state index in [0.717, 1.165) is 0 Å². The highest BCUT2D eigenvalue weighted by molar-refractivity contribution is 6.30. The molecule has 0 radical (unpaired) electrons. The second-order valence-corrected chi connectivity index (χ2v) is 4.30. The number of hydrogen-bond acceptors (Lipinski definition) is 6. The third kappa shape index (κ3) is 2.24. The predicted octanol–water partition coefficient (Wildman–Crippen LogP) is 2.66. The minimum Gasteiger partial charge on any atom is -0.390 e. The quantitative estimate of drug-likeness (QED) is 0.567. The van der Waals surface area contributed by atoms with Crippen LogP contribution in [-0.2, 0) is 0 Å². The summed E-state index contributed by atoms with van der Waals surface area (Å²) < 4.78 is 0. The van der Waals surface area contributed by atoms with Crippen molar-refractivity contribution < 1.29 is 4.92 Å². The molecule has 0 amide bonds. The van der Waals surface area contributed by atoms with E-state index >= 15 is 0 Å². The number of nitro groups is 1. The van der Waals surface area contributed by atoms with Crippen molar-refractivity contribution in [3.05, 3.63) is 45.7 Å². The highest BCUT2D eigenvalue weighted by atomic mass is 35.5. The summed E-state index contributed by atoms with van der Waals surface area (Å²) in [4.78, 5) is 24.5. The molecular formula is C11H7ClN6O2. The number of imidazole rings is 1. The van der Waals surface area contributed by atoms with Gasteiger partial charge in [-0.15, -0.1) is 0 Å². The van der Waals surface area contributed by atoms with Crippen LogP contribution in [0.1, 0.15) is 0 Å². The molecule has 8 nitrogen and oxygen atoms in total. The Kier molecular flexibility index (Phi) is 2.92. The number of benzene rings is 1. The van der Waals surface area contributed by atoms with Gasteiger partial charge in [0.25, 0.3) is 5.65 Å². The summed E-state index contributed by atoms with van der Waals surface area (Å²) in [5.74, 6) is -0.254. The van der Waals surface area contributed by atoms with Gasteiger partial charge >= 0.3 is 5.95 Å². The molecule has 0 aliphatic heterocycles. The van der Waals surface area contributed by atoms with Gasteiger partial charge in [-0.1, -0.05) is 17.7 Å². The number of nitrogens with zero attached hydrogens (tertiary/aromatic N) is 4. The molecule has 0 bridgehead atoms. The molecule has 100 valence electrons. The lowest BCUT2D eigenvalue weighted by atomic mass is 10.3. The zero-order valence-electron chi connectivity index (χ0n) is 9.87. The monoisotopic (exact) mass is 290 g/mol. The standard InChI is InChI=1S/C11H7ClN6O2/c12-6-2-1-3-7(4-6)15-10-8-9(14-5-13-8)16-11(17-10)18(19)20/h1-5H,(H2,13,14,15,16,17). The van der Waals surface area contributed by atoms with Crippen molar-refractivity contribution >= 4 is 40.2 Å². The summed E-state index contributed by atoms with van der Waals surface area (Å²) in [6.07, 6.45) is 1.40. The van der Waals surface area contributed by atoms with E-state index in [9.17, 15) is 10.1 Å². The fourth-order valence-corrected chi connectivity index (χ4v) is 1.89. The molecule has 0 saturated carbocycles. The average Bonchev–Trinajstić information content (AvgIpc) is 2.87.